The average Bonchev–Trinajstić information content (AvgIpc) is 3.09. The van der Waals surface area contributed by atoms with Crippen LogP contribution in [0.3, 0.4) is 0 Å². The highest BCUT2D eigenvalue weighted by atomic mass is 35.5. The maximum Gasteiger partial charge on any atom is 0.255 e. The van der Waals surface area contributed by atoms with Gasteiger partial charge in [0.15, 0.2) is 0 Å². The Labute approximate surface area is 156 Å². The van der Waals surface area contributed by atoms with Gasteiger partial charge in [-0.2, -0.15) is 0 Å². The first-order valence-corrected chi connectivity index (χ1v) is 10.1. The van der Waals surface area contributed by atoms with Crippen LogP contribution in [-0.4, -0.2) is 20.4 Å². The zero-order valence-electron chi connectivity index (χ0n) is 13.8. The van der Waals surface area contributed by atoms with Gasteiger partial charge in [-0.25, -0.2) is 17.5 Å². The van der Waals surface area contributed by atoms with Gasteiger partial charge < -0.3 is 5.32 Å². The summed E-state index contributed by atoms with van der Waals surface area (Å²) in [5, 5.41) is 2.91. The normalized spacial score (nSPS) is 15.2. The predicted octanol–water partition coefficient (Wildman–Crippen LogP) is 3.95. The van der Waals surface area contributed by atoms with Crippen molar-refractivity contribution in [1.82, 2.24) is 4.72 Å². The van der Waals surface area contributed by atoms with Crippen molar-refractivity contribution < 1.29 is 17.6 Å². The molecule has 0 atom stereocenters. The molecule has 1 aliphatic rings. The molecule has 2 aromatic carbocycles. The van der Waals surface area contributed by atoms with Crippen LogP contribution in [0.2, 0.25) is 5.02 Å². The molecule has 1 fully saturated rings. The molecule has 0 aliphatic heterocycles. The van der Waals surface area contributed by atoms with Crippen molar-refractivity contribution in [1.29, 1.82) is 0 Å². The van der Waals surface area contributed by atoms with Gasteiger partial charge in [-0.1, -0.05) is 24.4 Å². The number of halogens is 2. The Kier molecular flexibility index (Phi) is 5.60. The van der Waals surface area contributed by atoms with Crippen molar-refractivity contribution in [2.45, 2.75) is 36.6 Å². The third kappa shape index (κ3) is 4.41. The lowest BCUT2D eigenvalue weighted by molar-refractivity contribution is 0.102. The van der Waals surface area contributed by atoms with Crippen LogP contribution in [0, 0.1) is 5.82 Å². The summed E-state index contributed by atoms with van der Waals surface area (Å²) in [5.74, 6) is -1.33. The number of hydrogen-bond donors (Lipinski definition) is 2. The number of carbonyl (C=O) groups excluding carboxylic acids is 1. The van der Waals surface area contributed by atoms with E-state index in [-0.39, 0.29) is 16.6 Å². The van der Waals surface area contributed by atoms with Gasteiger partial charge in [-0.15, -0.1) is 0 Å². The number of amides is 1. The van der Waals surface area contributed by atoms with Crippen LogP contribution < -0.4 is 10.0 Å². The molecule has 138 valence electrons. The molecule has 5 nitrogen and oxygen atoms in total. The molecule has 2 N–H and O–H groups in total. The molecule has 0 radical (unpaired) electrons. The van der Waals surface area contributed by atoms with E-state index in [2.05, 4.69) is 10.0 Å². The summed E-state index contributed by atoms with van der Waals surface area (Å²) in [7, 11) is -3.79. The second-order valence-corrected chi connectivity index (χ2v) is 8.36. The predicted molar refractivity (Wildman–Crippen MR) is 98.4 cm³/mol. The molecule has 0 spiro atoms. The number of hydrogen-bond acceptors (Lipinski definition) is 3. The Morgan fingerprint density at radius 1 is 1.08 bits per heavy atom. The Bertz CT molecular complexity index is 911. The summed E-state index contributed by atoms with van der Waals surface area (Å²) in [6.45, 7) is 0. The van der Waals surface area contributed by atoms with Gasteiger partial charge in [-0.05, 0) is 55.3 Å². The zero-order chi connectivity index (χ0) is 18.7. The van der Waals surface area contributed by atoms with E-state index in [0.29, 0.717) is 10.6 Å². The first-order valence-electron chi connectivity index (χ1n) is 8.24. The standard InChI is InChI=1S/C18H18ClFN2O3S/c19-13-7-5-12(6-8-13)18(23)21-17-10-9-15(11-16(17)20)26(24,25)22-14-3-1-2-4-14/h5-11,14,22H,1-4H2,(H,21,23). The third-order valence-corrected chi connectivity index (χ3v) is 6.05. The zero-order valence-corrected chi connectivity index (χ0v) is 15.4. The summed E-state index contributed by atoms with van der Waals surface area (Å²) in [6, 6.07) is 9.46. The minimum absolute atomic E-state index is 0.0928. The van der Waals surface area contributed by atoms with E-state index in [1.165, 1.54) is 24.3 Å². The topological polar surface area (TPSA) is 75.3 Å². The number of nitrogens with one attached hydrogen (secondary N) is 2. The van der Waals surface area contributed by atoms with E-state index >= 15 is 0 Å². The minimum Gasteiger partial charge on any atom is -0.319 e. The number of anilines is 1. The quantitative estimate of drug-likeness (QED) is 0.803. The SMILES string of the molecule is O=C(Nc1ccc(S(=O)(=O)NC2CCCC2)cc1F)c1ccc(Cl)cc1. The van der Waals surface area contributed by atoms with Gasteiger partial charge in [0.2, 0.25) is 10.0 Å². The summed E-state index contributed by atoms with van der Waals surface area (Å²) in [6.07, 6.45) is 3.54. The van der Waals surface area contributed by atoms with E-state index < -0.39 is 21.7 Å². The van der Waals surface area contributed by atoms with Crippen molar-refractivity contribution in [3.63, 3.8) is 0 Å². The van der Waals surface area contributed by atoms with E-state index in [1.807, 2.05) is 0 Å². The van der Waals surface area contributed by atoms with Crippen LogP contribution in [0.15, 0.2) is 47.4 Å². The van der Waals surface area contributed by atoms with E-state index in [9.17, 15) is 17.6 Å². The van der Waals surface area contributed by atoms with E-state index in [1.54, 1.807) is 12.1 Å². The molecule has 0 unspecified atom stereocenters. The van der Waals surface area contributed by atoms with Crippen LogP contribution in [0.1, 0.15) is 36.0 Å². The van der Waals surface area contributed by atoms with E-state index in [4.69, 9.17) is 11.6 Å². The smallest absolute Gasteiger partial charge is 0.255 e. The molecule has 0 saturated heterocycles. The third-order valence-electron chi connectivity index (χ3n) is 4.28. The van der Waals surface area contributed by atoms with Crippen LogP contribution in [0.25, 0.3) is 0 Å². The molecule has 26 heavy (non-hydrogen) atoms. The first kappa shape index (κ1) is 18.8. The van der Waals surface area contributed by atoms with Crippen molar-refractivity contribution in [2.24, 2.45) is 0 Å². The number of carbonyl (C=O) groups is 1. The molecule has 3 rings (SSSR count). The molecular formula is C18H18ClFN2O3S. The highest BCUT2D eigenvalue weighted by Gasteiger charge is 2.24. The first-order chi connectivity index (χ1) is 12.3. The Balaban J connectivity index is 1.74. The molecule has 0 bridgehead atoms. The lowest BCUT2D eigenvalue weighted by Crippen LogP contribution is -2.32. The fraction of sp³-hybridized carbons (Fsp3) is 0.278. The maximum atomic E-state index is 14.3. The number of sulfonamides is 1. The molecule has 0 aromatic heterocycles. The Hall–Kier alpha value is -1.96. The lowest BCUT2D eigenvalue weighted by atomic mass is 10.2. The van der Waals surface area contributed by atoms with Gasteiger partial charge in [0.25, 0.3) is 5.91 Å². The molecule has 8 heteroatoms. The van der Waals surface area contributed by atoms with Crippen LogP contribution in [0.5, 0.6) is 0 Å². The van der Waals surface area contributed by atoms with Crippen molar-refractivity contribution >= 4 is 33.2 Å². The van der Waals surface area contributed by atoms with Crippen LogP contribution >= 0.6 is 11.6 Å². The van der Waals surface area contributed by atoms with Gasteiger partial charge in [-0.3, -0.25) is 4.79 Å². The van der Waals surface area contributed by atoms with E-state index in [0.717, 1.165) is 31.7 Å². The highest BCUT2D eigenvalue weighted by molar-refractivity contribution is 7.89. The van der Waals surface area contributed by atoms with Crippen LogP contribution in [-0.2, 0) is 10.0 Å². The maximum absolute atomic E-state index is 14.3. The van der Waals surface area contributed by atoms with Crippen LogP contribution in [0.4, 0.5) is 10.1 Å². The molecule has 2 aromatic rings. The molecule has 1 saturated carbocycles. The fourth-order valence-corrected chi connectivity index (χ4v) is 4.33. The molecular weight excluding hydrogens is 379 g/mol. The molecule has 1 aliphatic carbocycles. The summed E-state index contributed by atoms with van der Waals surface area (Å²) >= 11 is 5.77. The largest absolute Gasteiger partial charge is 0.319 e. The average molecular weight is 397 g/mol. The van der Waals surface area contributed by atoms with Gasteiger partial charge in [0.1, 0.15) is 5.82 Å². The molecule has 0 heterocycles. The Morgan fingerprint density at radius 2 is 1.73 bits per heavy atom. The fourth-order valence-electron chi connectivity index (χ4n) is 2.89. The summed E-state index contributed by atoms with van der Waals surface area (Å²) in [5.41, 5.74) is 0.221. The highest BCUT2D eigenvalue weighted by Crippen LogP contribution is 2.23. The minimum atomic E-state index is -3.79. The lowest BCUT2D eigenvalue weighted by Gasteiger charge is -2.13. The van der Waals surface area contributed by atoms with Crippen molar-refractivity contribution in [2.75, 3.05) is 5.32 Å². The number of rotatable bonds is 5. The monoisotopic (exact) mass is 396 g/mol. The second kappa shape index (κ2) is 7.73. The van der Waals surface area contributed by atoms with Gasteiger partial charge >= 0.3 is 0 Å². The Morgan fingerprint density at radius 3 is 2.35 bits per heavy atom. The molecule has 1 amide bonds. The summed E-state index contributed by atoms with van der Waals surface area (Å²) < 4.78 is 41.6. The van der Waals surface area contributed by atoms with Gasteiger partial charge in [0, 0.05) is 16.6 Å². The van der Waals surface area contributed by atoms with Gasteiger partial charge in [0.05, 0.1) is 10.6 Å². The number of benzene rings is 2. The van der Waals surface area contributed by atoms with Crippen molar-refractivity contribution in [3.8, 4) is 0 Å². The summed E-state index contributed by atoms with van der Waals surface area (Å²) in [4.78, 5) is 12.0. The van der Waals surface area contributed by atoms with Crippen molar-refractivity contribution in [3.05, 3.63) is 58.9 Å². The second-order valence-electron chi connectivity index (χ2n) is 6.21.